The SMILES string of the molecule is CCOC(=O)N1CCN(C(=O)CCc2cocn2)CC1. The van der Waals surface area contributed by atoms with E-state index in [1.807, 2.05) is 0 Å². The van der Waals surface area contributed by atoms with Gasteiger partial charge in [0.2, 0.25) is 5.91 Å². The average molecular weight is 281 g/mol. The molecule has 2 heterocycles. The Balaban J connectivity index is 1.73. The molecule has 0 aliphatic carbocycles. The number of oxazole rings is 1. The molecule has 2 amide bonds. The van der Waals surface area contributed by atoms with Crippen molar-refractivity contribution in [3.05, 3.63) is 18.4 Å². The molecule has 1 aliphatic rings. The van der Waals surface area contributed by atoms with E-state index in [9.17, 15) is 9.59 Å². The number of hydrogen-bond donors (Lipinski definition) is 0. The van der Waals surface area contributed by atoms with Gasteiger partial charge in [0.05, 0.1) is 12.3 Å². The fraction of sp³-hybridized carbons (Fsp3) is 0.615. The van der Waals surface area contributed by atoms with Crippen molar-refractivity contribution in [1.82, 2.24) is 14.8 Å². The molecule has 0 unspecified atom stereocenters. The second-order valence-electron chi connectivity index (χ2n) is 4.55. The Labute approximate surface area is 117 Å². The van der Waals surface area contributed by atoms with E-state index < -0.39 is 0 Å². The number of carbonyl (C=O) groups excluding carboxylic acids is 2. The summed E-state index contributed by atoms with van der Waals surface area (Å²) in [5.74, 6) is 0.0801. The molecule has 1 fully saturated rings. The molecule has 0 N–H and O–H groups in total. The Morgan fingerprint density at radius 3 is 2.60 bits per heavy atom. The lowest BCUT2D eigenvalue weighted by Gasteiger charge is -2.34. The molecule has 1 aromatic rings. The van der Waals surface area contributed by atoms with Crippen molar-refractivity contribution >= 4 is 12.0 Å². The predicted molar refractivity (Wildman–Crippen MR) is 70.0 cm³/mol. The summed E-state index contributed by atoms with van der Waals surface area (Å²) in [5, 5.41) is 0. The maximum atomic E-state index is 12.0. The fourth-order valence-electron chi connectivity index (χ4n) is 2.11. The highest BCUT2D eigenvalue weighted by atomic mass is 16.6. The monoisotopic (exact) mass is 281 g/mol. The Hall–Kier alpha value is -2.05. The largest absolute Gasteiger partial charge is 0.451 e. The van der Waals surface area contributed by atoms with Crippen molar-refractivity contribution < 1.29 is 18.7 Å². The third-order valence-corrected chi connectivity index (χ3v) is 3.24. The molecule has 2 rings (SSSR count). The average Bonchev–Trinajstić information content (AvgIpc) is 2.98. The highest BCUT2D eigenvalue weighted by Crippen LogP contribution is 2.07. The van der Waals surface area contributed by atoms with E-state index in [2.05, 4.69) is 4.98 Å². The normalized spacial score (nSPS) is 15.2. The van der Waals surface area contributed by atoms with E-state index in [1.165, 1.54) is 6.39 Å². The van der Waals surface area contributed by atoms with Gasteiger partial charge < -0.3 is 19.0 Å². The van der Waals surface area contributed by atoms with Crippen LogP contribution in [0.3, 0.4) is 0 Å². The van der Waals surface area contributed by atoms with E-state index >= 15 is 0 Å². The molecule has 20 heavy (non-hydrogen) atoms. The summed E-state index contributed by atoms with van der Waals surface area (Å²) in [4.78, 5) is 31.0. The van der Waals surface area contributed by atoms with Crippen molar-refractivity contribution in [1.29, 1.82) is 0 Å². The number of piperazine rings is 1. The van der Waals surface area contributed by atoms with Gasteiger partial charge >= 0.3 is 6.09 Å². The lowest BCUT2D eigenvalue weighted by molar-refractivity contribution is -0.132. The first-order valence-electron chi connectivity index (χ1n) is 6.77. The van der Waals surface area contributed by atoms with Gasteiger partial charge in [-0.3, -0.25) is 4.79 Å². The molecule has 110 valence electrons. The second kappa shape index (κ2) is 6.93. The Morgan fingerprint density at radius 2 is 2.00 bits per heavy atom. The maximum absolute atomic E-state index is 12.0. The minimum atomic E-state index is -0.304. The number of carbonyl (C=O) groups is 2. The first-order chi connectivity index (χ1) is 9.70. The van der Waals surface area contributed by atoms with E-state index in [0.717, 1.165) is 5.69 Å². The van der Waals surface area contributed by atoms with Crippen LogP contribution in [0.5, 0.6) is 0 Å². The highest BCUT2D eigenvalue weighted by Gasteiger charge is 2.24. The molecule has 1 aliphatic heterocycles. The molecule has 0 bridgehead atoms. The third kappa shape index (κ3) is 3.72. The summed E-state index contributed by atoms with van der Waals surface area (Å²) in [5.41, 5.74) is 0.781. The molecule has 1 aromatic heterocycles. The molecule has 7 nitrogen and oxygen atoms in total. The minimum absolute atomic E-state index is 0.0801. The lowest BCUT2D eigenvalue weighted by atomic mass is 10.2. The summed E-state index contributed by atoms with van der Waals surface area (Å²) in [7, 11) is 0. The number of ether oxygens (including phenoxy) is 1. The molecule has 0 saturated carbocycles. The van der Waals surface area contributed by atoms with Gasteiger partial charge in [0, 0.05) is 39.0 Å². The highest BCUT2D eigenvalue weighted by molar-refractivity contribution is 5.77. The zero-order valence-electron chi connectivity index (χ0n) is 11.6. The third-order valence-electron chi connectivity index (χ3n) is 3.24. The Kier molecular flexibility index (Phi) is 4.97. The van der Waals surface area contributed by atoms with Crippen LogP contribution in [0.1, 0.15) is 19.0 Å². The van der Waals surface area contributed by atoms with Gasteiger partial charge in [0.25, 0.3) is 0 Å². The van der Waals surface area contributed by atoms with Gasteiger partial charge in [-0.15, -0.1) is 0 Å². The van der Waals surface area contributed by atoms with Crippen molar-refractivity contribution in [2.45, 2.75) is 19.8 Å². The lowest BCUT2D eigenvalue weighted by Crippen LogP contribution is -2.50. The first kappa shape index (κ1) is 14.4. The van der Waals surface area contributed by atoms with E-state index in [-0.39, 0.29) is 12.0 Å². The minimum Gasteiger partial charge on any atom is -0.451 e. The molecule has 0 aromatic carbocycles. The zero-order chi connectivity index (χ0) is 14.4. The van der Waals surface area contributed by atoms with Crippen LogP contribution in [0.2, 0.25) is 0 Å². The smallest absolute Gasteiger partial charge is 0.409 e. The topological polar surface area (TPSA) is 75.9 Å². The number of rotatable bonds is 4. The molecule has 0 spiro atoms. The first-order valence-corrected chi connectivity index (χ1v) is 6.77. The summed E-state index contributed by atoms with van der Waals surface area (Å²) in [6, 6.07) is 0. The van der Waals surface area contributed by atoms with Crippen molar-refractivity contribution in [2.24, 2.45) is 0 Å². The second-order valence-corrected chi connectivity index (χ2v) is 4.55. The van der Waals surface area contributed by atoms with Gasteiger partial charge in [-0.2, -0.15) is 0 Å². The van der Waals surface area contributed by atoms with E-state index in [1.54, 1.807) is 23.0 Å². The predicted octanol–water partition coefficient (Wildman–Crippen LogP) is 0.908. The Morgan fingerprint density at radius 1 is 1.30 bits per heavy atom. The molecular formula is C13H19N3O4. The van der Waals surface area contributed by atoms with Gasteiger partial charge in [-0.25, -0.2) is 9.78 Å². The molecule has 1 saturated heterocycles. The van der Waals surface area contributed by atoms with Crippen LogP contribution < -0.4 is 0 Å². The maximum Gasteiger partial charge on any atom is 0.409 e. The Bertz CT molecular complexity index is 438. The van der Waals surface area contributed by atoms with Gasteiger partial charge in [-0.05, 0) is 6.92 Å². The van der Waals surface area contributed by atoms with Gasteiger partial charge in [0.15, 0.2) is 6.39 Å². The van der Waals surface area contributed by atoms with Crippen LogP contribution in [-0.2, 0) is 16.0 Å². The van der Waals surface area contributed by atoms with Crippen molar-refractivity contribution in [3.8, 4) is 0 Å². The van der Waals surface area contributed by atoms with Crippen LogP contribution in [0.4, 0.5) is 4.79 Å². The number of hydrogen-bond acceptors (Lipinski definition) is 5. The molecular weight excluding hydrogens is 262 g/mol. The number of aromatic nitrogens is 1. The van der Waals surface area contributed by atoms with Crippen LogP contribution >= 0.6 is 0 Å². The number of amides is 2. The quantitative estimate of drug-likeness (QED) is 0.820. The fourth-order valence-corrected chi connectivity index (χ4v) is 2.11. The number of aryl methyl sites for hydroxylation is 1. The zero-order valence-corrected chi connectivity index (χ0v) is 11.6. The molecule has 0 radical (unpaired) electrons. The molecule has 0 atom stereocenters. The van der Waals surface area contributed by atoms with Gasteiger partial charge in [-0.1, -0.05) is 0 Å². The standard InChI is InChI=1S/C13H19N3O4/c1-2-20-13(18)16-7-5-15(6-8-16)12(17)4-3-11-9-19-10-14-11/h9-10H,2-8H2,1H3. The summed E-state index contributed by atoms with van der Waals surface area (Å²) in [6.07, 6.45) is 3.59. The van der Waals surface area contributed by atoms with E-state index in [4.69, 9.17) is 9.15 Å². The van der Waals surface area contributed by atoms with Gasteiger partial charge in [0.1, 0.15) is 6.26 Å². The number of nitrogens with zero attached hydrogens (tertiary/aromatic N) is 3. The van der Waals surface area contributed by atoms with Crippen LogP contribution in [0.15, 0.2) is 17.1 Å². The van der Waals surface area contributed by atoms with Crippen molar-refractivity contribution in [3.63, 3.8) is 0 Å². The van der Waals surface area contributed by atoms with Crippen LogP contribution in [0, 0.1) is 0 Å². The van der Waals surface area contributed by atoms with Crippen molar-refractivity contribution in [2.75, 3.05) is 32.8 Å². The summed E-state index contributed by atoms with van der Waals surface area (Å²) < 4.78 is 9.80. The van der Waals surface area contributed by atoms with Crippen LogP contribution in [-0.4, -0.2) is 59.6 Å². The summed E-state index contributed by atoms with van der Waals surface area (Å²) in [6.45, 7) is 4.30. The summed E-state index contributed by atoms with van der Waals surface area (Å²) >= 11 is 0. The van der Waals surface area contributed by atoms with Crippen LogP contribution in [0.25, 0.3) is 0 Å². The van der Waals surface area contributed by atoms with E-state index in [0.29, 0.717) is 45.6 Å². The molecule has 7 heteroatoms.